The molecule has 1 atom stereocenters. The maximum Gasteiger partial charge on any atom is 0.343 e. The summed E-state index contributed by atoms with van der Waals surface area (Å²) in [5, 5.41) is 26.1. The van der Waals surface area contributed by atoms with Crippen molar-refractivity contribution in [3.05, 3.63) is 32.6 Å². The highest BCUT2D eigenvalue weighted by atomic mass is 16.6. The molecule has 3 heterocycles. The number of aliphatic carboxylic acids is 1. The highest BCUT2D eigenvalue weighted by Gasteiger charge is 2.35. The maximum absolute atomic E-state index is 11.6. The molecule has 120 valence electrons. The first-order valence-corrected chi connectivity index (χ1v) is 6.29. The van der Waals surface area contributed by atoms with Gasteiger partial charge in [-0.05, 0) is 0 Å². The third-order valence-corrected chi connectivity index (χ3v) is 3.40. The Morgan fingerprint density at radius 1 is 1.57 bits per heavy atom. The number of aromatic amines is 1. The Hall–Kier alpha value is -3.51. The predicted molar refractivity (Wildman–Crippen MR) is 73.6 cm³/mol. The van der Waals surface area contributed by atoms with Gasteiger partial charge >= 0.3 is 17.3 Å². The molecule has 0 aliphatic carbocycles. The van der Waals surface area contributed by atoms with Gasteiger partial charge in [0.15, 0.2) is 5.82 Å². The number of nitrogen functional groups attached to an aromatic ring is 1. The number of rotatable bonds is 3. The Bertz CT molecular complexity index is 857. The fraction of sp³-hybridized carbons (Fsp3) is 0.300. The fourth-order valence-electron chi connectivity index (χ4n) is 2.27. The number of nitrogens with one attached hydrogen (secondary N) is 1. The van der Waals surface area contributed by atoms with E-state index in [1.54, 1.807) is 0 Å². The molecule has 13 nitrogen and oxygen atoms in total. The van der Waals surface area contributed by atoms with E-state index in [1.807, 2.05) is 0 Å². The number of carboxylic acids is 1. The average Bonchev–Trinajstić information content (AvgIpc) is 2.86. The molecule has 3 rings (SSSR count). The van der Waals surface area contributed by atoms with Crippen LogP contribution in [-0.4, -0.2) is 46.8 Å². The number of fused-ring (bicyclic) bond motifs is 1. The topological polar surface area (TPSA) is 186 Å². The van der Waals surface area contributed by atoms with Gasteiger partial charge < -0.3 is 15.7 Å². The molecule has 23 heavy (non-hydrogen) atoms. The maximum atomic E-state index is 11.6. The summed E-state index contributed by atoms with van der Waals surface area (Å²) in [5.74, 6) is -1.38. The lowest BCUT2D eigenvalue weighted by Crippen LogP contribution is -2.50. The monoisotopic (exact) mass is 322 g/mol. The molecule has 0 fully saturated rings. The smallest absolute Gasteiger partial charge is 0.343 e. The molecule has 2 aromatic rings. The number of aromatic nitrogens is 5. The number of H-pyrrole nitrogens is 1. The molecule has 1 aliphatic heterocycles. The van der Waals surface area contributed by atoms with Gasteiger partial charge in [0, 0.05) is 0 Å². The van der Waals surface area contributed by atoms with Crippen LogP contribution in [0.3, 0.4) is 0 Å². The SMILES string of the molecule is Nc1nc(N2Cc3n[nH]c(=O)n3CC2C(=O)O)ncc1[N+](=O)[O-]. The lowest BCUT2D eigenvalue weighted by molar-refractivity contribution is -0.384. The van der Waals surface area contributed by atoms with Crippen molar-refractivity contribution in [2.24, 2.45) is 0 Å². The molecule has 0 aromatic carbocycles. The second-order valence-electron chi connectivity index (χ2n) is 4.74. The first-order chi connectivity index (χ1) is 10.9. The summed E-state index contributed by atoms with van der Waals surface area (Å²) in [6.07, 6.45) is 0.906. The van der Waals surface area contributed by atoms with Gasteiger partial charge in [0.1, 0.15) is 12.2 Å². The molecule has 1 aliphatic rings. The molecule has 0 radical (unpaired) electrons. The number of hydrogen-bond acceptors (Lipinski definition) is 9. The standard InChI is InChI=1S/C10H10N8O5/c11-7-4(18(22)23)1-12-9(13-7)16-3-6-14-15-10(21)17(6)2-5(16)8(19)20/h1,5H,2-3H2,(H,15,21)(H,19,20)(H2,11,12,13). The van der Waals surface area contributed by atoms with E-state index in [1.165, 1.54) is 9.47 Å². The first-order valence-electron chi connectivity index (χ1n) is 6.29. The summed E-state index contributed by atoms with van der Waals surface area (Å²) < 4.78 is 1.20. The van der Waals surface area contributed by atoms with Crippen molar-refractivity contribution in [3.63, 3.8) is 0 Å². The van der Waals surface area contributed by atoms with Crippen molar-refractivity contribution in [1.29, 1.82) is 0 Å². The van der Waals surface area contributed by atoms with Gasteiger partial charge in [-0.3, -0.25) is 14.7 Å². The Morgan fingerprint density at radius 3 is 2.91 bits per heavy atom. The van der Waals surface area contributed by atoms with Gasteiger partial charge in [-0.2, -0.15) is 10.1 Å². The number of carbonyl (C=O) groups is 1. The molecule has 1 unspecified atom stereocenters. The predicted octanol–water partition coefficient (Wildman–Crippen LogP) is -1.67. The van der Waals surface area contributed by atoms with Crippen LogP contribution in [0.2, 0.25) is 0 Å². The van der Waals surface area contributed by atoms with Crippen molar-refractivity contribution in [1.82, 2.24) is 24.7 Å². The van der Waals surface area contributed by atoms with Crippen molar-refractivity contribution in [2.45, 2.75) is 19.1 Å². The van der Waals surface area contributed by atoms with E-state index in [0.29, 0.717) is 5.82 Å². The molecular formula is C10H10N8O5. The average molecular weight is 322 g/mol. The molecule has 0 saturated heterocycles. The minimum atomic E-state index is -1.20. The molecule has 0 bridgehead atoms. The Balaban J connectivity index is 2.03. The van der Waals surface area contributed by atoms with E-state index in [0.717, 1.165) is 6.20 Å². The zero-order valence-corrected chi connectivity index (χ0v) is 11.4. The van der Waals surface area contributed by atoms with Gasteiger partial charge in [-0.1, -0.05) is 0 Å². The van der Waals surface area contributed by atoms with Crippen LogP contribution in [0.4, 0.5) is 17.5 Å². The number of nitro groups is 1. The molecule has 0 spiro atoms. The number of carboxylic acid groups (broad SMARTS) is 1. The summed E-state index contributed by atoms with van der Waals surface area (Å²) in [4.78, 5) is 41.9. The van der Waals surface area contributed by atoms with E-state index in [4.69, 9.17) is 5.73 Å². The van der Waals surface area contributed by atoms with Crippen LogP contribution in [0.25, 0.3) is 0 Å². The molecule has 0 saturated carbocycles. The van der Waals surface area contributed by atoms with Gasteiger partial charge in [0.2, 0.25) is 11.8 Å². The number of anilines is 2. The van der Waals surface area contributed by atoms with Crippen LogP contribution in [0.1, 0.15) is 5.82 Å². The molecule has 4 N–H and O–H groups in total. The largest absolute Gasteiger partial charge is 0.480 e. The van der Waals surface area contributed by atoms with Crippen molar-refractivity contribution < 1.29 is 14.8 Å². The van der Waals surface area contributed by atoms with Crippen LogP contribution in [0.15, 0.2) is 11.0 Å². The van der Waals surface area contributed by atoms with Crippen LogP contribution in [-0.2, 0) is 17.9 Å². The molecule has 2 aromatic heterocycles. The minimum absolute atomic E-state index is 0.0625. The third-order valence-electron chi connectivity index (χ3n) is 3.40. The van der Waals surface area contributed by atoms with E-state index in [-0.39, 0.29) is 24.9 Å². The highest BCUT2D eigenvalue weighted by Crippen LogP contribution is 2.24. The summed E-state index contributed by atoms with van der Waals surface area (Å²) in [6.45, 7) is -0.229. The minimum Gasteiger partial charge on any atom is -0.480 e. The van der Waals surface area contributed by atoms with Gasteiger partial charge in [0.05, 0.1) is 18.0 Å². The van der Waals surface area contributed by atoms with E-state index >= 15 is 0 Å². The second kappa shape index (κ2) is 5.04. The lowest BCUT2D eigenvalue weighted by atomic mass is 10.2. The van der Waals surface area contributed by atoms with Crippen LogP contribution >= 0.6 is 0 Å². The number of nitrogens with two attached hydrogens (primary N) is 1. The summed E-state index contributed by atoms with van der Waals surface area (Å²) in [7, 11) is 0. The van der Waals surface area contributed by atoms with Crippen LogP contribution in [0.5, 0.6) is 0 Å². The number of hydrogen-bond donors (Lipinski definition) is 3. The van der Waals surface area contributed by atoms with Gasteiger partial charge in [-0.25, -0.2) is 19.7 Å². The molecular weight excluding hydrogens is 312 g/mol. The fourth-order valence-corrected chi connectivity index (χ4v) is 2.27. The van der Waals surface area contributed by atoms with Gasteiger partial charge in [0.25, 0.3) is 0 Å². The van der Waals surface area contributed by atoms with E-state index < -0.39 is 28.3 Å². The summed E-state index contributed by atoms with van der Waals surface area (Å²) in [6, 6.07) is -1.14. The number of nitrogens with zero attached hydrogens (tertiary/aromatic N) is 6. The van der Waals surface area contributed by atoms with Crippen LogP contribution < -0.4 is 16.3 Å². The van der Waals surface area contributed by atoms with Gasteiger partial charge in [-0.15, -0.1) is 0 Å². The Morgan fingerprint density at radius 2 is 2.30 bits per heavy atom. The van der Waals surface area contributed by atoms with Crippen molar-refractivity contribution >= 4 is 23.4 Å². The lowest BCUT2D eigenvalue weighted by Gasteiger charge is -2.32. The zero-order valence-electron chi connectivity index (χ0n) is 11.4. The first kappa shape index (κ1) is 14.4. The Kier molecular flexibility index (Phi) is 3.16. The quantitative estimate of drug-likeness (QED) is 0.435. The van der Waals surface area contributed by atoms with E-state index in [2.05, 4.69) is 20.2 Å². The van der Waals surface area contributed by atoms with Crippen LogP contribution in [0, 0.1) is 10.1 Å². The van der Waals surface area contributed by atoms with Crippen molar-refractivity contribution in [3.8, 4) is 0 Å². The Labute approximate surface area is 126 Å². The van der Waals surface area contributed by atoms with Crippen molar-refractivity contribution in [2.75, 3.05) is 10.6 Å². The summed E-state index contributed by atoms with van der Waals surface area (Å²) in [5.41, 5.74) is 4.51. The zero-order chi connectivity index (χ0) is 16.7. The van der Waals surface area contributed by atoms with E-state index in [9.17, 15) is 24.8 Å². The molecule has 13 heteroatoms. The molecule has 0 amide bonds. The third kappa shape index (κ3) is 2.33. The summed E-state index contributed by atoms with van der Waals surface area (Å²) >= 11 is 0. The normalized spacial score (nSPS) is 16.9. The second-order valence-corrected chi connectivity index (χ2v) is 4.74. The highest BCUT2D eigenvalue weighted by molar-refractivity contribution is 5.77.